The van der Waals surface area contributed by atoms with E-state index in [1.807, 2.05) is 31.2 Å². The fourth-order valence-electron chi connectivity index (χ4n) is 11.4. The third-order valence-electron chi connectivity index (χ3n) is 14.9. The molecule has 1 N–H and O–H groups in total. The summed E-state index contributed by atoms with van der Waals surface area (Å²) in [5.41, 5.74) is -0.0430. The zero-order valence-electron chi connectivity index (χ0n) is 36.3. The summed E-state index contributed by atoms with van der Waals surface area (Å²) in [7, 11) is 4.66. The van der Waals surface area contributed by atoms with Gasteiger partial charge in [0.1, 0.15) is 0 Å². The molecule has 1 spiro atoms. The van der Waals surface area contributed by atoms with Crippen molar-refractivity contribution in [1.29, 1.82) is 0 Å². The summed E-state index contributed by atoms with van der Waals surface area (Å²) >= 11 is 6.19. The molecule has 1 aromatic rings. The molecule has 0 saturated carbocycles. The lowest BCUT2D eigenvalue weighted by Gasteiger charge is -2.50. The van der Waals surface area contributed by atoms with Crippen molar-refractivity contribution in [2.75, 3.05) is 27.9 Å². The Bertz CT molecular complexity index is 1490. The highest BCUT2D eigenvalue weighted by Crippen LogP contribution is 2.55. The smallest absolute Gasteiger partial charge is 0.311 e. The minimum atomic E-state index is -1.02. The van der Waals surface area contributed by atoms with E-state index >= 15 is 0 Å². The van der Waals surface area contributed by atoms with Gasteiger partial charge in [-0.25, -0.2) is 0 Å². The number of hydrogen-bond acceptors (Lipinski definition) is 11. The Labute approximate surface area is 346 Å². The number of carbonyl (C=O) groups is 1. The summed E-state index contributed by atoms with van der Waals surface area (Å²) in [5, 5.41) is 11.0. The van der Waals surface area contributed by atoms with Crippen molar-refractivity contribution in [3.05, 3.63) is 34.9 Å². The molecule has 5 heterocycles. The van der Waals surface area contributed by atoms with Gasteiger partial charge in [-0.1, -0.05) is 65.3 Å². The summed E-state index contributed by atoms with van der Waals surface area (Å²) in [5.74, 6) is -2.37. The highest BCUT2D eigenvalue weighted by atomic mass is 35.5. The molecule has 12 heteroatoms. The summed E-state index contributed by atoms with van der Waals surface area (Å²) in [4.78, 5) is 12.7. The summed E-state index contributed by atoms with van der Waals surface area (Å²) in [6.07, 6.45) is 4.74. The Morgan fingerprint density at radius 3 is 2.33 bits per heavy atom. The Hall–Kier alpha value is -1.38. The number of aliphatic hydroxyl groups excluding tert-OH is 1. The molecule has 1 aromatic carbocycles. The molecule has 0 unspecified atom stereocenters. The molecule has 5 fully saturated rings. The minimum Gasteiger partial charge on any atom is -0.469 e. The number of hydrogen-bond donors (Lipinski definition) is 1. The number of benzene rings is 1. The van der Waals surface area contributed by atoms with Crippen molar-refractivity contribution in [1.82, 2.24) is 0 Å². The Morgan fingerprint density at radius 1 is 0.982 bits per heavy atom. The molecular formula is C45H71ClO11. The SMILES string of the molecule is CC[C@@]1([C@@H]2O[C@@H]([C@H]3O[C@](CO)(OC)[C@H](C)C[C@@H]3C)C[C@@H]2C)CC[C@H]([C@]2(C)CC[C@]3(C[C@H](OCc4ccc(Cl)cc4)[C@@H](C)[C@@H]([C@@H](C)[C@@H](OC)[C@H](C)C(=O)OC)O3)O2)O1. The Kier molecular flexibility index (Phi) is 14.2. The topological polar surface area (TPSA) is 120 Å². The number of halogens is 1. The highest BCUT2D eigenvalue weighted by molar-refractivity contribution is 6.30. The van der Waals surface area contributed by atoms with E-state index in [1.165, 1.54) is 7.11 Å². The van der Waals surface area contributed by atoms with Crippen molar-refractivity contribution < 1.29 is 52.5 Å². The second-order valence-electron chi connectivity index (χ2n) is 18.6. The largest absolute Gasteiger partial charge is 0.469 e. The van der Waals surface area contributed by atoms with Crippen LogP contribution in [0.15, 0.2) is 24.3 Å². The van der Waals surface area contributed by atoms with Crippen LogP contribution < -0.4 is 0 Å². The maximum atomic E-state index is 12.7. The first-order valence-corrected chi connectivity index (χ1v) is 21.9. The van der Waals surface area contributed by atoms with E-state index in [1.54, 1.807) is 14.2 Å². The zero-order chi connectivity index (χ0) is 41.5. The van der Waals surface area contributed by atoms with Crippen LogP contribution in [0.1, 0.15) is 112 Å². The van der Waals surface area contributed by atoms with Gasteiger partial charge in [0, 0.05) is 49.8 Å². The first-order valence-electron chi connectivity index (χ1n) is 21.5. The Morgan fingerprint density at radius 2 is 1.70 bits per heavy atom. The third-order valence-corrected chi connectivity index (χ3v) is 15.1. The van der Waals surface area contributed by atoms with E-state index in [4.69, 9.17) is 54.2 Å². The summed E-state index contributed by atoms with van der Waals surface area (Å²) in [6, 6.07) is 7.74. The quantitative estimate of drug-likeness (QED) is 0.185. The fraction of sp³-hybridized carbons (Fsp3) is 0.844. The lowest BCUT2D eigenvalue weighted by Crippen LogP contribution is -2.57. The summed E-state index contributed by atoms with van der Waals surface area (Å²) < 4.78 is 59.0. The van der Waals surface area contributed by atoms with Gasteiger partial charge < -0.3 is 47.7 Å². The fourth-order valence-corrected chi connectivity index (χ4v) is 11.5. The maximum Gasteiger partial charge on any atom is 0.311 e. The molecule has 0 amide bonds. The monoisotopic (exact) mass is 822 g/mol. The van der Waals surface area contributed by atoms with Gasteiger partial charge in [-0.15, -0.1) is 0 Å². The van der Waals surface area contributed by atoms with Crippen molar-refractivity contribution in [3.63, 3.8) is 0 Å². The van der Waals surface area contributed by atoms with E-state index in [0.717, 1.165) is 44.1 Å². The van der Waals surface area contributed by atoms with Gasteiger partial charge in [0.2, 0.25) is 0 Å². The standard InChI is InChI=1S/C45H71ClO11/c1-12-43(40-27(3)22-34(53-40)37-26(2)21-28(4)45(25-47,51-11)56-37)18-17-36(54-43)42(8)19-20-44(57-42)23-35(52-24-32-13-15-33(46)16-14-32)29(5)39(55-44)30(6)38(49-9)31(7)41(48)50-10/h13-16,26-31,34-40,47H,12,17-25H2,1-11H3/t26-,27-,28+,29+,30-,31-,34+,35-,36+,37-,38+,39-,40+,42-,43-,44+,45-/m0/s1. The van der Waals surface area contributed by atoms with Crippen LogP contribution in [0.3, 0.4) is 0 Å². The molecular weight excluding hydrogens is 752 g/mol. The number of aliphatic hydroxyl groups is 1. The molecule has 11 nitrogen and oxygen atoms in total. The molecule has 0 bridgehead atoms. The van der Waals surface area contributed by atoms with Gasteiger partial charge in [0.15, 0.2) is 11.6 Å². The molecule has 5 aliphatic rings. The molecule has 5 aliphatic heterocycles. The average Bonchev–Trinajstić information content (AvgIpc) is 3.92. The predicted octanol–water partition coefficient (Wildman–Crippen LogP) is 7.89. The van der Waals surface area contributed by atoms with Gasteiger partial charge >= 0.3 is 5.97 Å². The number of rotatable bonds is 14. The van der Waals surface area contributed by atoms with E-state index < -0.39 is 34.8 Å². The zero-order valence-corrected chi connectivity index (χ0v) is 37.0. The van der Waals surface area contributed by atoms with Crippen molar-refractivity contribution in [2.45, 2.75) is 179 Å². The second kappa shape index (κ2) is 17.9. The Balaban J connectivity index is 1.20. The van der Waals surface area contributed by atoms with Gasteiger partial charge in [-0.05, 0) is 81.9 Å². The van der Waals surface area contributed by atoms with Crippen LogP contribution in [0.25, 0.3) is 0 Å². The lowest BCUT2D eigenvalue weighted by atomic mass is 9.78. The van der Waals surface area contributed by atoms with E-state index in [9.17, 15) is 9.90 Å². The van der Waals surface area contributed by atoms with E-state index in [0.29, 0.717) is 24.5 Å². The van der Waals surface area contributed by atoms with Gasteiger partial charge in [0.05, 0.1) is 80.2 Å². The highest BCUT2D eigenvalue weighted by Gasteiger charge is 2.62. The second-order valence-corrected chi connectivity index (χ2v) is 19.0. The predicted molar refractivity (Wildman–Crippen MR) is 215 cm³/mol. The van der Waals surface area contributed by atoms with Gasteiger partial charge in [-0.3, -0.25) is 4.79 Å². The van der Waals surface area contributed by atoms with Crippen LogP contribution in [0.4, 0.5) is 0 Å². The molecule has 0 aliphatic carbocycles. The van der Waals surface area contributed by atoms with Crippen molar-refractivity contribution >= 4 is 17.6 Å². The van der Waals surface area contributed by atoms with Crippen LogP contribution in [0.2, 0.25) is 5.02 Å². The maximum absolute atomic E-state index is 12.7. The molecule has 0 aromatic heterocycles. The number of methoxy groups -OCH3 is 3. The first-order chi connectivity index (χ1) is 27.0. The number of carbonyl (C=O) groups excluding carboxylic acids is 1. The molecule has 17 atom stereocenters. The van der Waals surface area contributed by atoms with Gasteiger partial charge in [0.25, 0.3) is 0 Å². The van der Waals surface area contributed by atoms with Crippen molar-refractivity contribution in [2.24, 2.45) is 35.5 Å². The molecule has 57 heavy (non-hydrogen) atoms. The molecule has 5 saturated heterocycles. The summed E-state index contributed by atoms with van der Waals surface area (Å²) in [6.45, 7) is 17.3. The normalized spacial score (nSPS) is 43.9. The minimum absolute atomic E-state index is 0.0224. The van der Waals surface area contributed by atoms with Crippen LogP contribution in [-0.4, -0.2) is 105 Å². The van der Waals surface area contributed by atoms with Crippen molar-refractivity contribution in [3.8, 4) is 0 Å². The molecule has 0 radical (unpaired) electrons. The van der Waals surface area contributed by atoms with Crippen LogP contribution >= 0.6 is 11.6 Å². The first kappa shape index (κ1) is 45.2. The molecule has 324 valence electrons. The van der Waals surface area contributed by atoms with Crippen LogP contribution in [0.5, 0.6) is 0 Å². The van der Waals surface area contributed by atoms with E-state index in [2.05, 4.69) is 48.5 Å². The van der Waals surface area contributed by atoms with E-state index in [-0.39, 0.29) is 78.8 Å². The number of esters is 1. The third kappa shape index (κ3) is 8.73. The molecule has 6 rings (SSSR count). The van der Waals surface area contributed by atoms with Crippen LogP contribution in [-0.2, 0) is 54.0 Å². The van der Waals surface area contributed by atoms with Crippen LogP contribution in [0, 0.1) is 35.5 Å². The van der Waals surface area contributed by atoms with Gasteiger partial charge in [-0.2, -0.15) is 0 Å². The number of ether oxygens (including phenoxy) is 9. The lowest BCUT2D eigenvalue weighted by molar-refractivity contribution is -0.340. The average molecular weight is 824 g/mol.